The maximum atomic E-state index is 15.2. The summed E-state index contributed by atoms with van der Waals surface area (Å²) in [6, 6.07) is 18.6. The molecule has 1 unspecified atom stereocenters. The van der Waals surface area contributed by atoms with E-state index in [1.807, 2.05) is 6.07 Å². The number of quaternary nitrogens is 1. The molecule has 0 aromatic heterocycles. The number of ether oxygens (including phenoxy) is 2. The lowest BCUT2D eigenvalue weighted by Crippen LogP contribution is -2.70. The molecule has 3 fully saturated rings. The average Bonchev–Trinajstić information content (AvgIpc) is 3.65. The van der Waals surface area contributed by atoms with E-state index in [1.165, 1.54) is 20.7 Å². The third kappa shape index (κ3) is 5.88. The molecule has 8 rings (SSSR count). The first-order valence-corrected chi connectivity index (χ1v) is 20.7. The highest BCUT2D eigenvalue weighted by atomic mass is 32.2. The first-order valence-electron chi connectivity index (χ1n) is 17.8. The summed E-state index contributed by atoms with van der Waals surface area (Å²) < 4.78 is 129. The predicted octanol–water partition coefficient (Wildman–Crippen LogP) is 6.36. The minimum Gasteiger partial charge on any atom is -0.493 e. The smallest absolute Gasteiger partial charge is 0.493 e. The van der Waals surface area contributed by atoms with E-state index in [4.69, 9.17) is 9.47 Å². The number of halogens is 4. The Kier molecular flexibility index (Phi) is 9.07. The van der Waals surface area contributed by atoms with E-state index in [9.17, 15) is 30.4 Å². The van der Waals surface area contributed by atoms with Crippen LogP contribution >= 0.6 is 0 Å². The molecule has 10 nitrogen and oxygen atoms in total. The second-order valence-electron chi connectivity index (χ2n) is 14.3. The van der Waals surface area contributed by atoms with Gasteiger partial charge < -0.3 is 9.47 Å². The van der Waals surface area contributed by atoms with Gasteiger partial charge in [-0.25, -0.2) is 16.8 Å². The normalized spacial score (nSPS) is 25.1. The van der Waals surface area contributed by atoms with Crippen LogP contribution in [0.3, 0.4) is 0 Å². The molecule has 286 valence electrons. The molecule has 16 heteroatoms. The van der Waals surface area contributed by atoms with Crippen LogP contribution < -0.4 is 4.74 Å². The molecule has 5 aliphatic rings. The summed E-state index contributed by atoms with van der Waals surface area (Å²) >= 11 is 0. The predicted molar refractivity (Wildman–Crippen MR) is 189 cm³/mol. The zero-order valence-electron chi connectivity index (χ0n) is 29.0. The van der Waals surface area contributed by atoms with Gasteiger partial charge in [0.1, 0.15) is 24.4 Å². The number of alkyl halides is 4. The van der Waals surface area contributed by atoms with Crippen LogP contribution in [0.15, 0.2) is 106 Å². The number of fused-ring (bicyclic) bond motifs is 2. The molecular weight excluding hydrogens is 751 g/mol. The first kappa shape index (κ1) is 36.9. The topological polar surface area (TPSA) is 110 Å². The van der Waals surface area contributed by atoms with Crippen molar-refractivity contribution in [3.8, 4) is 16.9 Å². The molecule has 1 amide bonds. The highest BCUT2D eigenvalue weighted by Crippen LogP contribution is 2.51. The Bertz CT molecular complexity index is 2270. The maximum Gasteiger partial charge on any atom is 0.522 e. The Morgan fingerprint density at radius 2 is 1.30 bits per heavy atom. The summed E-state index contributed by atoms with van der Waals surface area (Å²) in [5.74, 6) is -8.54. The standard InChI is InChI=1S/C38H38F4N3O7S2/c39-37(40)23-28-25-52-36(46)45(33(28)24-38(37,41)42,29-12-17-43(18-13-29)53(47,48)31-10-11-34-27(22-31)16-21-51-34)30-14-19-44(20-15-30)54(49,50)35-9-5-4-8-32(35)26-6-2-1-3-7-26/h1-11,22-24,29-30H,12-21,25H2/q+1. The number of allylic oxidation sites excluding steroid dienone is 2. The Balaban J connectivity index is 1.11. The molecule has 0 radical (unpaired) electrons. The Morgan fingerprint density at radius 3 is 1.96 bits per heavy atom. The Labute approximate surface area is 310 Å². The maximum absolute atomic E-state index is 15.2. The third-order valence-corrected chi connectivity index (χ3v) is 15.2. The number of benzene rings is 3. The highest BCUT2D eigenvalue weighted by molar-refractivity contribution is 7.89. The molecule has 0 saturated carbocycles. The molecular formula is C38H38F4N3O7S2+. The molecule has 3 aromatic rings. The van der Waals surface area contributed by atoms with E-state index in [1.54, 1.807) is 54.6 Å². The van der Waals surface area contributed by atoms with Crippen molar-refractivity contribution >= 4 is 26.1 Å². The van der Waals surface area contributed by atoms with Gasteiger partial charge in [-0.15, -0.1) is 0 Å². The van der Waals surface area contributed by atoms with Gasteiger partial charge >= 0.3 is 17.9 Å². The van der Waals surface area contributed by atoms with Crippen LogP contribution in [0.25, 0.3) is 11.1 Å². The number of rotatable bonds is 7. The molecule has 54 heavy (non-hydrogen) atoms. The minimum atomic E-state index is -4.63. The van der Waals surface area contributed by atoms with Gasteiger partial charge in [-0.05, 0) is 35.4 Å². The van der Waals surface area contributed by atoms with Crippen LogP contribution in [0.4, 0.5) is 22.4 Å². The van der Waals surface area contributed by atoms with Crippen molar-refractivity contribution in [2.24, 2.45) is 0 Å². The first-order chi connectivity index (χ1) is 25.7. The van der Waals surface area contributed by atoms with Crippen LogP contribution in [0, 0.1) is 0 Å². The highest BCUT2D eigenvalue weighted by Gasteiger charge is 2.65. The van der Waals surface area contributed by atoms with Crippen molar-refractivity contribution in [1.29, 1.82) is 0 Å². The Morgan fingerprint density at radius 1 is 0.704 bits per heavy atom. The molecule has 4 aliphatic heterocycles. The van der Waals surface area contributed by atoms with Crippen molar-refractivity contribution in [1.82, 2.24) is 8.61 Å². The monoisotopic (exact) mass is 788 g/mol. The molecule has 4 heterocycles. The molecule has 1 aliphatic carbocycles. The average molecular weight is 789 g/mol. The van der Waals surface area contributed by atoms with Gasteiger partial charge in [0.2, 0.25) is 20.0 Å². The summed E-state index contributed by atoms with van der Waals surface area (Å²) in [5.41, 5.74) is 1.44. The van der Waals surface area contributed by atoms with Crippen LogP contribution in [-0.2, 0) is 31.2 Å². The molecule has 0 spiro atoms. The lowest BCUT2D eigenvalue weighted by atomic mass is 9.86. The molecule has 1 atom stereocenters. The largest absolute Gasteiger partial charge is 0.522 e. The number of sulfonamides is 2. The van der Waals surface area contributed by atoms with Crippen molar-refractivity contribution < 1.29 is 53.1 Å². The van der Waals surface area contributed by atoms with Crippen molar-refractivity contribution in [2.75, 3.05) is 39.4 Å². The van der Waals surface area contributed by atoms with Gasteiger partial charge in [-0.3, -0.25) is 0 Å². The summed E-state index contributed by atoms with van der Waals surface area (Å²) in [4.78, 5) is 14.4. The van der Waals surface area contributed by atoms with Gasteiger partial charge in [0.25, 0.3) is 0 Å². The van der Waals surface area contributed by atoms with Gasteiger partial charge in [-0.1, -0.05) is 48.5 Å². The number of carbonyl (C=O) groups is 1. The van der Waals surface area contributed by atoms with E-state index >= 15 is 8.78 Å². The van der Waals surface area contributed by atoms with Crippen LogP contribution in [0.1, 0.15) is 31.2 Å². The number of nitrogens with zero attached hydrogens (tertiary/aromatic N) is 3. The van der Waals surface area contributed by atoms with E-state index in [0.717, 1.165) is 5.56 Å². The van der Waals surface area contributed by atoms with Gasteiger partial charge in [0.15, 0.2) is 5.70 Å². The second kappa shape index (κ2) is 13.3. The lowest BCUT2D eigenvalue weighted by molar-refractivity contribution is -0.876. The quantitative estimate of drug-likeness (QED) is 0.203. The van der Waals surface area contributed by atoms with Crippen molar-refractivity contribution in [3.05, 3.63) is 102 Å². The lowest BCUT2D eigenvalue weighted by Gasteiger charge is -2.53. The molecule has 3 aromatic carbocycles. The minimum absolute atomic E-state index is 0.0180. The molecule has 3 saturated heterocycles. The van der Waals surface area contributed by atoms with Gasteiger partial charge in [0, 0.05) is 69.9 Å². The van der Waals surface area contributed by atoms with Crippen LogP contribution in [0.2, 0.25) is 0 Å². The number of hydrogen-bond donors (Lipinski definition) is 0. The van der Waals surface area contributed by atoms with Gasteiger partial charge in [0.05, 0.1) is 28.0 Å². The number of cyclic esters (lactones) is 1. The number of hydrogen-bond acceptors (Lipinski definition) is 7. The van der Waals surface area contributed by atoms with E-state index in [2.05, 4.69) is 0 Å². The van der Waals surface area contributed by atoms with Crippen LogP contribution in [-0.4, -0.2) is 99.3 Å². The van der Waals surface area contributed by atoms with E-state index in [0.29, 0.717) is 29.9 Å². The summed E-state index contributed by atoms with van der Waals surface area (Å²) in [5, 5.41) is 0. The fourth-order valence-corrected chi connectivity index (χ4v) is 11.9. The molecule has 0 N–H and O–H groups in total. The number of carbonyl (C=O) groups excluding carboxylic acids is 1. The summed E-state index contributed by atoms with van der Waals surface area (Å²) in [7, 11) is -8.07. The van der Waals surface area contributed by atoms with Crippen LogP contribution in [0.5, 0.6) is 5.75 Å². The number of amides is 1. The number of piperidine rings is 2. The fraction of sp³-hybridized carbons (Fsp3) is 0.395. The Hall–Kier alpha value is -4.09. The summed E-state index contributed by atoms with van der Waals surface area (Å²) in [6.45, 7) is -0.500. The van der Waals surface area contributed by atoms with E-state index in [-0.39, 0.29) is 85.1 Å². The molecule has 0 bridgehead atoms. The zero-order valence-corrected chi connectivity index (χ0v) is 30.7. The SMILES string of the molecule is O=C1OCC2=CC(F)(F)C(F)(F)C=C2[N+]1(C1CCN(S(=O)(=O)c2ccc3c(c2)CCO3)CC1)C1CCN(S(=O)(=O)c2ccccc2-c2ccccc2)CC1. The van der Waals surface area contributed by atoms with E-state index < -0.39 is 61.2 Å². The zero-order chi connectivity index (χ0) is 38.1. The van der Waals surface area contributed by atoms with Gasteiger partial charge in [-0.2, -0.15) is 35.4 Å². The summed E-state index contributed by atoms with van der Waals surface area (Å²) in [6.07, 6.45) is 0.0907. The fourth-order valence-electron chi connectivity index (χ4n) is 8.68. The van der Waals surface area contributed by atoms with Crippen molar-refractivity contribution in [2.45, 2.75) is 65.8 Å². The van der Waals surface area contributed by atoms with Crippen molar-refractivity contribution in [3.63, 3.8) is 0 Å². The third-order valence-electron chi connectivity index (χ3n) is 11.4. The second-order valence-corrected chi connectivity index (χ2v) is 18.1.